The summed E-state index contributed by atoms with van der Waals surface area (Å²) in [6, 6.07) is 3.70. The molecule has 0 aromatic carbocycles. The molecule has 2 rings (SSSR count). The van der Waals surface area contributed by atoms with Gasteiger partial charge in [-0.15, -0.1) is 11.8 Å². The van der Waals surface area contributed by atoms with E-state index >= 15 is 0 Å². The Morgan fingerprint density at radius 1 is 1.40 bits per heavy atom. The molecule has 0 saturated carbocycles. The molecule has 0 fully saturated rings. The number of nitrogens with two attached hydrogens (primary N) is 1. The van der Waals surface area contributed by atoms with Gasteiger partial charge in [-0.1, -0.05) is 10.3 Å². The maximum atomic E-state index is 5.48. The molecule has 2 N–H and O–H groups in total. The van der Waals surface area contributed by atoms with E-state index in [0.29, 0.717) is 5.82 Å². The lowest BCUT2D eigenvalue weighted by molar-refractivity contribution is 0.302. The molecule has 0 unspecified atom stereocenters. The molecule has 5 nitrogen and oxygen atoms in total. The van der Waals surface area contributed by atoms with E-state index in [9.17, 15) is 0 Å². The molecule has 0 radical (unpaired) electrons. The fraction of sp³-hybridized carbons (Fsp3) is 0.222. The number of nitrogens with zero attached hydrogens (tertiary/aromatic N) is 3. The molecule has 6 heteroatoms. The second kappa shape index (κ2) is 4.31. The summed E-state index contributed by atoms with van der Waals surface area (Å²) in [5.41, 5.74) is 7.17. The topological polar surface area (TPSA) is 77.8 Å². The maximum absolute atomic E-state index is 5.48. The van der Waals surface area contributed by atoms with Gasteiger partial charge in [-0.05, 0) is 19.1 Å². The quantitative estimate of drug-likeness (QED) is 0.795. The van der Waals surface area contributed by atoms with Gasteiger partial charge in [-0.2, -0.15) is 0 Å². The van der Waals surface area contributed by atoms with Crippen LogP contribution in [0.15, 0.2) is 27.9 Å². The number of hydrogen-bond donors (Lipinski definition) is 1. The minimum Gasteiger partial charge on any atom is -0.384 e. The third-order valence-electron chi connectivity index (χ3n) is 1.88. The van der Waals surface area contributed by atoms with Crippen molar-refractivity contribution in [2.75, 3.05) is 5.73 Å². The van der Waals surface area contributed by atoms with Crippen molar-refractivity contribution in [3.63, 3.8) is 0 Å². The highest BCUT2D eigenvalue weighted by molar-refractivity contribution is 7.98. The second-order valence-electron chi connectivity index (χ2n) is 3.00. The van der Waals surface area contributed by atoms with Crippen LogP contribution in [0.1, 0.15) is 11.4 Å². The van der Waals surface area contributed by atoms with E-state index in [1.165, 1.54) is 0 Å². The largest absolute Gasteiger partial charge is 0.384 e. The van der Waals surface area contributed by atoms with Gasteiger partial charge >= 0.3 is 0 Å². The van der Waals surface area contributed by atoms with Gasteiger partial charge in [0.15, 0.2) is 0 Å². The second-order valence-corrected chi connectivity index (χ2v) is 4.05. The molecule has 0 saturated heterocycles. The van der Waals surface area contributed by atoms with E-state index < -0.39 is 0 Å². The zero-order valence-corrected chi connectivity index (χ0v) is 8.99. The van der Waals surface area contributed by atoms with Crippen molar-refractivity contribution in [3.05, 3.63) is 29.7 Å². The summed E-state index contributed by atoms with van der Waals surface area (Å²) < 4.78 is 4.60. The highest BCUT2D eigenvalue weighted by Crippen LogP contribution is 2.22. The Balaban J connectivity index is 1.99. The number of pyridine rings is 1. The molecule has 2 aromatic heterocycles. The first kappa shape index (κ1) is 9.97. The first-order valence-corrected chi connectivity index (χ1v) is 5.36. The summed E-state index contributed by atoms with van der Waals surface area (Å²) in [6.07, 6.45) is 1.74. The fourth-order valence-electron chi connectivity index (χ4n) is 1.01. The van der Waals surface area contributed by atoms with Gasteiger partial charge < -0.3 is 5.73 Å². The molecule has 0 aliphatic carbocycles. The predicted octanol–water partition coefficient (Wildman–Crippen LogP) is 1.65. The summed E-state index contributed by atoms with van der Waals surface area (Å²) in [5, 5.41) is 7.50. The van der Waals surface area contributed by atoms with E-state index in [0.717, 1.165) is 22.0 Å². The molecule has 0 amide bonds. The van der Waals surface area contributed by atoms with E-state index in [1.54, 1.807) is 24.0 Å². The van der Waals surface area contributed by atoms with Crippen LogP contribution in [0.2, 0.25) is 0 Å². The SMILES string of the molecule is Cc1nonc1CSc1ccc(N)nc1. The molecule has 0 atom stereocenters. The lowest BCUT2D eigenvalue weighted by Gasteiger charge is -1.98. The normalized spacial score (nSPS) is 10.5. The van der Waals surface area contributed by atoms with E-state index in [2.05, 4.69) is 19.9 Å². The lowest BCUT2D eigenvalue weighted by atomic mass is 10.4. The van der Waals surface area contributed by atoms with Gasteiger partial charge in [0.1, 0.15) is 17.2 Å². The Hall–Kier alpha value is -1.56. The monoisotopic (exact) mass is 222 g/mol. The summed E-state index contributed by atoms with van der Waals surface area (Å²) in [4.78, 5) is 5.05. The Bertz CT molecular complexity index is 440. The van der Waals surface area contributed by atoms with Crippen LogP contribution in [0, 0.1) is 6.92 Å². The smallest absolute Gasteiger partial charge is 0.123 e. The predicted molar refractivity (Wildman–Crippen MR) is 57.2 cm³/mol. The molecule has 2 heterocycles. The van der Waals surface area contributed by atoms with Crippen LogP contribution in [0.3, 0.4) is 0 Å². The molecular formula is C9H10N4OS. The third kappa shape index (κ3) is 2.47. The summed E-state index contributed by atoms with van der Waals surface area (Å²) in [5.74, 6) is 1.25. The molecular weight excluding hydrogens is 212 g/mol. The molecule has 0 bridgehead atoms. The van der Waals surface area contributed by atoms with E-state index in [-0.39, 0.29) is 0 Å². The first-order valence-electron chi connectivity index (χ1n) is 4.38. The van der Waals surface area contributed by atoms with Crippen LogP contribution in [-0.4, -0.2) is 15.3 Å². The number of aryl methyl sites for hydroxylation is 1. The number of thioether (sulfide) groups is 1. The molecule has 0 aliphatic heterocycles. The zero-order valence-electron chi connectivity index (χ0n) is 8.17. The fourth-order valence-corrected chi connectivity index (χ4v) is 1.87. The summed E-state index contributed by atoms with van der Waals surface area (Å²) in [6.45, 7) is 1.87. The number of rotatable bonds is 3. The van der Waals surface area contributed by atoms with Crippen molar-refractivity contribution >= 4 is 17.6 Å². The molecule has 78 valence electrons. The van der Waals surface area contributed by atoms with E-state index in [1.807, 2.05) is 13.0 Å². The molecule has 2 aromatic rings. The maximum Gasteiger partial charge on any atom is 0.123 e. The minimum absolute atomic E-state index is 0.527. The number of nitrogen functional groups attached to an aromatic ring is 1. The minimum atomic E-state index is 0.527. The standard InChI is InChI=1S/C9H10N4OS/c1-6-8(13-14-12-6)5-15-7-2-3-9(10)11-4-7/h2-4H,5H2,1H3,(H2,10,11). The van der Waals surface area contributed by atoms with Crippen LogP contribution in [0.5, 0.6) is 0 Å². The van der Waals surface area contributed by atoms with Gasteiger partial charge in [0.25, 0.3) is 0 Å². The Kier molecular flexibility index (Phi) is 2.86. The highest BCUT2D eigenvalue weighted by atomic mass is 32.2. The van der Waals surface area contributed by atoms with Crippen LogP contribution in [0.25, 0.3) is 0 Å². The molecule has 0 spiro atoms. The number of anilines is 1. The Morgan fingerprint density at radius 3 is 2.87 bits per heavy atom. The van der Waals surface area contributed by atoms with Crippen LogP contribution in [0.4, 0.5) is 5.82 Å². The van der Waals surface area contributed by atoms with Gasteiger partial charge in [0.05, 0.1) is 0 Å². The van der Waals surface area contributed by atoms with Crippen molar-refractivity contribution in [2.45, 2.75) is 17.6 Å². The first-order chi connectivity index (χ1) is 7.25. The Morgan fingerprint density at radius 2 is 2.27 bits per heavy atom. The van der Waals surface area contributed by atoms with Crippen molar-refractivity contribution in [2.24, 2.45) is 0 Å². The lowest BCUT2D eigenvalue weighted by Crippen LogP contribution is -1.89. The number of hydrogen-bond acceptors (Lipinski definition) is 6. The van der Waals surface area contributed by atoms with E-state index in [4.69, 9.17) is 5.73 Å². The van der Waals surface area contributed by atoms with Gasteiger partial charge in [0, 0.05) is 16.8 Å². The summed E-state index contributed by atoms with van der Waals surface area (Å²) in [7, 11) is 0. The zero-order chi connectivity index (χ0) is 10.7. The molecule has 15 heavy (non-hydrogen) atoms. The Labute approximate surface area is 91.0 Å². The van der Waals surface area contributed by atoms with Crippen molar-refractivity contribution < 1.29 is 4.63 Å². The molecule has 0 aliphatic rings. The van der Waals surface area contributed by atoms with Crippen molar-refractivity contribution in [1.29, 1.82) is 0 Å². The van der Waals surface area contributed by atoms with Crippen LogP contribution in [-0.2, 0) is 5.75 Å². The van der Waals surface area contributed by atoms with Gasteiger partial charge in [-0.3, -0.25) is 0 Å². The summed E-state index contributed by atoms with van der Waals surface area (Å²) >= 11 is 1.62. The van der Waals surface area contributed by atoms with Crippen molar-refractivity contribution in [3.8, 4) is 0 Å². The average Bonchev–Trinajstić information content (AvgIpc) is 2.63. The van der Waals surface area contributed by atoms with Crippen LogP contribution >= 0.6 is 11.8 Å². The van der Waals surface area contributed by atoms with Gasteiger partial charge in [-0.25, -0.2) is 9.61 Å². The highest BCUT2D eigenvalue weighted by Gasteiger charge is 2.05. The van der Waals surface area contributed by atoms with Gasteiger partial charge in [0.2, 0.25) is 0 Å². The average molecular weight is 222 g/mol. The number of aromatic nitrogens is 3. The third-order valence-corrected chi connectivity index (χ3v) is 2.87. The van der Waals surface area contributed by atoms with Crippen LogP contribution < -0.4 is 5.73 Å². The van der Waals surface area contributed by atoms with Crippen molar-refractivity contribution in [1.82, 2.24) is 15.3 Å².